The van der Waals surface area contributed by atoms with Crippen LogP contribution in [0.3, 0.4) is 0 Å². The van der Waals surface area contributed by atoms with Gasteiger partial charge in [-0.2, -0.15) is 0 Å². The van der Waals surface area contributed by atoms with Gasteiger partial charge in [-0.3, -0.25) is 19.0 Å². The van der Waals surface area contributed by atoms with Gasteiger partial charge in [0.1, 0.15) is 18.8 Å². The quantitative estimate of drug-likeness (QED) is 0.0333. The third kappa shape index (κ3) is 18.7. The summed E-state index contributed by atoms with van der Waals surface area (Å²) in [6.45, 7) is 8.30. The summed E-state index contributed by atoms with van der Waals surface area (Å²) in [5.74, 6) is -0.669. The smallest absolute Gasteiger partial charge is 0.261 e. The van der Waals surface area contributed by atoms with Crippen molar-refractivity contribution in [2.24, 2.45) is 0 Å². The summed E-state index contributed by atoms with van der Waals surface area (Å²) in [6.07, 6.45) is 30.1. The Bertz CT molecular complexity index is 1010. The molecule has 0 spiro atoms. The first-order valence-corrected chi connectivity index (χ1v) is 21.4. The van der Waals surface area contributed by atoms with Gasteiger partial charge in [-0.25, -0.2) is 0 Å². The van der Waals surface area contributed by atoms with Gasteiger partial charge in [0.05, 0.1) is 38.4 Å². The van der Waals surface area contributed by atoms with Crippen LogP contribution in [-0.4, -0.2) is 85.1 Å². The molecule has 51 heavy (non-hydrogen) atoms. The molecule has 7 nitrogen and oxygen atoms in total. The van der Waals surface area contributed by atoms with Crippen molar-refractivity contribution in [3.05, 3.63) is 35.4 Å². The number of amides is 2. The molecule has 1 heterocycles. The van der Waals surface area contributed by atoms with E-state index in [0.29, 0.717) is 35.4 Å². The van der Waals surface area contributed by atoms with Gasteiger partial charge in [-0.05, 0) is 31.9 Å². The molecule has 2 rings (SSSR count). The number of hydrogen-bond donors (Lipinski definition) is 1. The number of ether oxygens (including phenoxy) is 2. The number of aliphatic hydroxyl groups is 1. The zero-order valence-electron chi connectivity index (χ0n) is 33.8. The molecule has 1 aromatic carbocycles. The molecule has 3 atom stereocenters. The molecule has 0 aliphatic carbocycles. The number of hydrogen-bond acceptors (Lipinski definition) is 5. The van der Waals surface area contributed by atoms with Crippen LogP contribution in [0, 0.1) is 0 Å². The number of unbranched alkanes of at least 4 members (excludes halogenated alkanes) is 22. The molecule has 0 bridgehead atoms. The molecule has 7 heteroatoms. The number of imide groups is 1. The number of fused-ring (bicyclic) bond motifs is 1. The molecule has 0 aromatic heterocycles. The fourth-order valence-electron chi connectivity index (χ4n) is 7.67. The third-order valence-electron chi connectivity index (χ3n) is 10.7. The Balaban J connectivity index is 1.78. The van der Waals surface area contributed by atoms with Crippen LogP contribution in [0.15, 0.2) is 24.3 Å². The van der Waals surface area contributed by atoms with Crippen LogP contribution >= 0.6 is 0 Å². The maximum atomic E-state index is 12.9. The van der Waals surface area contributed by atoms with Crippen LogP contribution in [-0.2, 0) is 9.47 Å². The van der Waals surface area contributed by atoms with Crippen molar-refractivity contribution >= 4 is 11.8 Å². The lowest BCUT2D eigenvalue weighted by Gasteiger charge is -2.41. The second-order valence-corrected chi connectivity index (χ2v) is 16.0. The highest BCUT2D eigenvalue weighted by Crippen LogP contribution is 2.24. The van der Waals surface area contributed by atoms with Gasteiger partial charge in [0.25, 0.3) is 11.8 Å². The summed E-state index contributed by atoms with van der Waals surface area (Å²) >= 11 is 0. The van der Waals surface area contributed by atoms with E-state index in [9.17, 15) is 14.7 Å². The average Bonchev–Trinajstić information content (AvgIpc) is 3.34. The van der Waals surface area contributed by atoms with Gasteiger partial charge < -0.3 is 14.6 Å². The average molecular weight is 716 g/mol. The molecule has 1 aromatic rings. The second-order valence-electron chi connectivity index (χ2n) is 16.0. The maximum Gasteiger partial charge on any atom is 0.261 e. The van der Waals surface area contributed by atoms with Crippen LogP contribution in [0.1, 0.15) is 196 Å². The van der Waals surface area contributed by atoms with E-state index in [1.807, 2.05) is 0 Å². The number of likely N-dealkylation sites (N-methyl/N-ethyl adjacent to an activating group) is 1. The van der Waals surface area contributed by atoms with Crippen molar-refractivity contribution in [3.8, 4) is 0 Å². The molecule has 0 fully saturated rings. The minimum atomic E-state index is -0.886. The molecular weight excluding hydrogens is 636 g/mol. The van der Waals surface area contributed by atoms with Crippen molar-refractivity contribution in [2.75, 3.05) is 40.4 Å². The zero-order valence-corrected chi connectivity index (χ0v) is 33.8. The van der Waals surface area contributed by atoms with E-state index in [4.69, 9.17) is 9.47 Å². The molecule has 2 amide bonds. The van der Waals surface area contributed by atoms with E-state index in [-0.39, 0.29) is 30.7 Å². The first-order valence-electron chi connectivity index (χ1n) is 21.4. The molecule has 294 valence electrons. The number of quaternary nitrogens is 1. The molecule has 1 aliphatic rings. The number of β-amino-alcohol motifs (C(OH)–C–C–N with tert-alkyl or cyclic N) is 1. The minimum absolute atomic E-state index is 0.0341. The number of carbonyl (C=O) groups excluding carboxylic acids is 2. The number of aliphatic hydroxyl groups excluding tert-OH is 1. The highest BCUT2D eigenvalue weighted by molar-refractivity contribution is 6.21. The van der Waals surface area contributed by atoms with Crippen molar-refractivity contribution in [2.45, 2.75) is 193 Å². The van der Waals surface area contributed by atoms with Gasteiger partial charge in [-0.15, -0.1) is 0 Å². The molecule has 3 unspecified atom stereocenters. The number of rotatable bonds is 34. The van der Waals surface area contributed by atoms with E-state index >= 15 is 0 Å². The highest BCUT2D eigenvalue weighted by atomic mass is 16.6. The molecule has 0 radical (unpaired) electrons. The summed E-state index contributed by atoms with van der Waals surface area (Å²) in [7, 11) is 4.12. The monoisotopic (exact) mass is 716 g/mol. The molecule has 0 saturated carbocycles. The first kappa shape index (κ1) is 45.4. The second kappa shape index (κ2) is 27.8. The Morgan fingerprint density at radius 3 is 1.33 bits per heavy atom. The van der Waals surface area contributed by atoms with Gasteiger partial charge in [-0.1, -0.05) is 167 Å². The van der Waals surface area contributed by atoms with E-state index in [0.717, 1.165) is 19.3 Å². The Labute approximate surface area is 313 Å². The summed E-state index contributed by atoms with van der Waals surface area (Å²) in [6, 6.07) is 6.88. The third-order valence-corrected chi connectivity index (χ3v) is 10.7. The molecular formula is C44H79N2O5+. The van der Waals surface area contributed by atoms with Gasteiger partial charge in [0.15, 0.2) is 0 Å². The zero-order chi connectivity index (χ0) is 37.2. The standard InChI is InChI=1S/C44H79N2O5/c1-6-8-10-12-14-16-18-20-22-24-26-30-34-50-38(3)44(51-35-31-27-25-23-21-19-17-15-13-11-9-7-2)46(4,5)37-39(47)36-45-42(48)40-32-28-29-33-41(40)43(45)49/h28-29,32-33,38-39,44,47H,6-27,30-31,34-37H2,1-5H3/q+1. The largest absolute Gasteiger partial charge is 0.385 e. The van der Waals surface area contributed by atoms with Crippen LogP contribution in [0.25, 0.3) is 0 Å². The number of benzene rings is 1. The maximum absolute atomic E-state index is 12.9. The van der Waals surface area contributed by atoms with Gasteiger partial charge in [0.2, 0.25) is 6.23 Å². The topological polar surface area (TPSA) is 76.1 Å². The van der Waals surface area contributed by atoms with E-state index < -0.39 is 6.10 Å². The summed E-state index contributed by atoms with van der Waals surface area (Å²) in [4.78, 5) is 27.1. The minimum Gasteiger partial charge on any atom is -0.385 e. The summed E-state index contributed by atoms with van der Waals surface area (Å²) < 4.78 is 13.4. The summed E-state index contributed by atoms with van der Waals surface area (Å²) in [5, 5.41) is 11.2. The SMILES string of the molecule is CCCCCCCCCCCCCCOC(C)C(OCCCCCCCCCCCCCC)[N+](C)(C)CC(O)CN1C(=O)c2ccccc2C1=O. The lowest BCUT2D eigenvalue weighted by atomic mass is 10.1. The van der Waals surface area contributed by atoms with Gasteiger partial charge >= 0.3 is 0 Å². The number of carbonyl (C=O) groups is 2. The van der Waals surface area contributed by atoms with Crippen LogP contribution in [0.4, 0.5) is 0 Å². The normalized spacial score (nSPS) is 15.1. The lowest BCUT2D eigenvalue weighted by Crippen LogP contribution is -2.59. The van der Waals surface area contributed by atoms with E-state index in [1.54, 1.807) is 24.3 Å². The highest BCUT2D eigenvalue weighted by Gasteiger charge is 2.40. The Hall–Kier alpha value is -1.80. The predicted octanol–water partition coefficient (Wildman–Crippen LogP) is 10.9. The Morgan fingerprint density at radius 2 is 0.941 bits per heavy atom. The van der Waals surface area contributed by atoms with E-state index in [2.05, 4.69) is 34.9 Å². The molecule has 1 aliphatic heterocycles. The van der Waals surface area contributed by atoms with Crippen molar-refractivity contribution in [1.82, 2.24) is 4.90 Å². The Kier molecular flexibility index (Phi) is 24.7. The Morgan fingerprint density at radius 1 is 0.588 bits per heavy atom. The first-order chi connectivity index (χ1) is 24.7. The predicted molar refractivity (Wildman–Crippen MR) is 212 cm³/mol. The van der Waals surface area contributed by atoms with Crippen molar-refractivity contribution < 1.29 is 28.7 Å². The fourth-order valence-corrected chi connectivity index (χ4v) is 7.67. The number of nitrogens with zero attached hydrogens (tertiary/aromatic N) is 2. The summed E-state index contributed by atoms with van der Waals surface area (Å²) in [5.41, 5.74) is 0.818. The van der Waals surface area contributed by atoms with Gasteiger partial charge in [0, 0.05) is 6.61 Å². The lowest BCUT2D eigenvalue weighted by molar-refractivity contribution is -0.944. The van der Waals surface area contributed by atoms with E-state index in [1.165, 1.54) is 140 Å². The fraction of sp³-hybridized carbons (Fsp3) is 0.818. The van der Waals surface area contributed by atoms with Crippen LogP contribution in [0.5, 0.6) is 0 Å². The molecule has 1 N–H and O–H groups in total. The van der Waals surface area contributed by atoms with Crippen LogP contribution < -0.4 is 0 Å². The molecule has 0 saturated heterocycles. The van der Waals surface area contributed by atoms with Crippen molar-refractivity contribution in [3.63, 3.8) is 0 Å². The van der Waals surface area contributed by atoms with Crippen molar-refractivity contribution in [1.29, 1.82) is 0 Å². The van der Waals surface area contributed by atoms with Crippen LogP contribution in [0.2, 0.25) is 0 Å².